The van der Waals surface area contributed by atoms with Crippen molar-refractivity contribution in [2.24, 2.45) is 0 Å². The Morgan fingerprint density at radius 1 is 1.19 bits per heavy atom. The standard InChI is InChI=1S/C20H27NO5.ClH/c1-5-21(6-2)12-11-16-14(4)15-9-8-10-17(19(15)26-20(16)23)25-13-18(22)24-7-3;/h8-10H,5-7,11-13H2,1-4H3;1H. The summed E-state index contributed by atoms with van der Waals surface area (Å²) in [6, 6.07) is 5.40. The average Bonchev–Trinajstić information content (AvgIpc) is 2.63. The number of halogens is 1. The molecule has 2 aromatic rings. The Morgan fingerprint density at radius 2 is 1.89 bits per heavy atom. The minimum absolute atomic E-state index is 0. The van der Waals surface area contributed by atoms with E-state index in [-0.39, 0.29) is 24.6 Å². The first-order chi connectivity index (χ1) is 12.5. The Morgan fingerprint density at radius 3 is 2.52 bits per heavy atom. The fourth-order valence-electron chi connectivity index (χ4n) is 2.94. The van der Waals surface area contributed by atoms with Crippen LogP contribution in [0.4, 0.5) is 0 Å². The van der Waals surface area contributed by atoms with Crippen LogP contribution in [0.2, 0.25) is 0 Å². The second-order valence-corrected chi connectivity index (χ2v) is 6.00. The highest BCUT2D eigenvalue weighted by Crippen LogP contribution is 2.28. The van der Waals surface area contributed by atoms with Crippen molar-refractivity contribution in [1.29, 1.82) is 0 Å². The smallest absolute Gasteiger partial charge is 0.344 e. The number of hydrogen-bond donors (Lipinski definition) is 0. The van der Waals surface area contributed by atoms with Crippen LogP contribution in [0.3, 0.4) is 0 Å². The monoisotopic (exact) mass is 397 g/mol. The second-order valence-electron chi connectivity index (χ2n) is 6.00. The highest BCUT2D eigenvalue weighted by Gasteiger charge is 2.16. The number of carbonyl (C=O) groups is 1. The average molecular weight is 398 g/mol. The van der Waals surface area contributed by atoms with E-state index in [1.807, 2.05) is 19.1 Å². The van der Waals surface area contributed by atoms with Crippen LogP contribution in [-0.2, 0) is 16.0 Å². The Labute approximate surface area is 165 Å². The van der Waals surface area contributed by atoms with Gasteiger partial charge in [0.05, 0.1) is 6.61 Å². The van der Waals surface area contributed by atoms with Gasteiger partial charge < -0.3 is 18.8 Å². The summed E-state index contributed by atoms with van der Waals surface area (Å²) in [4.78, 5) is 26.3. The zero-order chi connectivity index (χ0) is 19.1. The van der Waals surface area contributed by atoms with Crippen molar-refractivity contribution in [3.63, 3.8) is 0 Å². The second kappa shape index (κ2) is 10.9. The molecule has 2 rings (SSSR count). The minimum Gasteiger partial charge on any atom is -0.478 e. The number of para-hydroxylation sites is 1. The van der Waals surface area contributed by atoms with Gasteiger partial charge in [0.15, 0.2) is 17.9 Å². The van der Waals surface area contributed by atoms with Gasteiger partial charge in [-0.1, -0.05) is 26.0 Å². The summed E-state index contributed by atoms with van der Waals surface area (Å²) in [5, 5.41) is 0.820. The zero-order valence-corrected chi connectivity index (χ0v) is 17.2. The lowest BCUT2D eigenvalue weighted by atomic mass is 10.0. The lowest BCUT2D eigenvalue weighted by Gasteiger charge is -2.18. The number of nitrogens with zero attached hydrogens (tertiary/aromatic N) is 1. The number of rotatable bonds is 9. The van der Waals surface area contributed by atoms with E-state index < -0.39 is 5.97 Å². The molecule has 0 amide bonds. The maximum atomic E-state index is 12.5. The van der Waals surface area contributed by atoms with E-state index in [4.69, 9.17) is 13.9 Å². The molecule has 0 saturated carbocycles. The molecular formula is C20H28ClNO5. The van der Waals surface area contributed by atoms with Gasteiger partial charge >= 0.3 is 11.6 Å². The highest BCUT2D eigenvalue weighted by molar-refractivity contribution is 5.86. The van der Waals surface area contributed by atoms with Crippen LogP contribution in [0, 0.1) is 6.92 Å². The maximum absolute atomic E-state index is 12.5. The van der Waals surface area contributed by atoms with Crippen LogP contribution >= 0.6 is 12.4 Å². The quantitative estimate of drug-likeness (QED) is 0.477. The van der Waals surface area contributed by atoms with Crippen molar-refractivity contribution in [3.05, 3.63) is 39.7 Å². The van der Waals surface area contributed by atoms with Crippen molar-refractivity contribution in [2.45, 2.75) is 34.1 Å². The van der Waals surface area contributed by atoms with E-state index in [0.717, 1.165) is 30.6 Å². The molecule has 6 nitrogen and oxygen atoms in total. The first kappa shape index (κ1) is 23.0. The van der Waals surface area contributed by atoms with Crippen molar-refractivity contribution < 1.29 is 18.7 Å². The topological polar surface area (TPSA) is 69.0 Å². The van der Waals surface area contributed by atoms with Crippen LogP contribution in [-0.4, -0.2) is 43.7 Å². The molecule has 0 bridgehead atoms. The van der Waals surface area contributed by atoms with Gasteiger partial charge in [0, 0.05) is 17.5 Å². The largest absolute Gasteiger partial charge is 0.478 e. The molecule has 1 aromatic carbocycles. The third-order valence-corrected chi connectivity index (χ3v) is 4.50. The molecule has 1 aromatic heterocycles. The van der Waals surface area contributed by atoms with Crippen molar-refractivity contribution in [3.8, 4) is 5.75 Å². The Bertz CT molecular complexity index is 814. The number of hydrogen-bond acceptors (Lipinski definition) is 6. The van der Waals surface area contributed by atoms with Gasteiger partial charge in [-0.2, -0.15) is 0 Å². The maximum Gasteiger partial charge on any atom is 0.344 e. The molecule has 0 aliphatic carbocycles. The summed E-state index contributed by atoms with van der Waals surface area (Å²) in [6.45, 7) is 10.6. The number of likely N-dealkylation sites (N-methyl/N-ethyl adjacent to an activating group) is 1. The molecule has 1 heterocycles. The third-order valence-electron chi connectivity index (χ3n) is 4.50. The normalized spacial score (nSPS) is 10.7. The van der Waals surface area contributed by atoms with E-state index in [2.05, 4.69) is 18.7 Å². The fraction of sp³-hybridized carbons (Fsp3) is 0.500. The zero-order valence-electron chi connectivity index (χ0n) is 16.4. The summed E-state index contributed by atoms with van der Waals surface area (Å²) in [7, 11) is 0. The summed E-state index contributed by atoms with van der Waals surface area (Å²) in [5.74, 6) is -0.0922. The van der Waals surface area contributed by atoms with Crippen LogP contribution < -0.4 is 10.4 Å². The lowest BCUT2D eigenvalue weighted by Crippen LogP contribution is -2.27. The molecule has 0 aliphatic rings. The van der Waals surface area contributed by atoms with Gasteiger partial charge in [-0.05, 0) is 45.0 Å². The number of benzene rings is 1. The molecular weight excluding hydrogens is 370 g/mol. The number of ether oxygens (including phenoxy) is 2. The van der Waals surface area contributed by atoms with Gasteiger partial charge in [-0.15, -0.1) is 12.4 Å². The number of carbonyl (C=O) groups excluding carboxylic acids is 1. The van der Waals surface area contributed by atoms with Crippen molar-refractivity contribution in [1.82, 2.24) is 4.90 Å². The predicted octanol–water partition coefficient (Wildman–Crippen LogP) is 3.35. The molecule has 0 N–H and O–H groups in total. The Kier molecular flexibility index (Phi) is 9.32. The molecule has 0 unspecified atom stereocenters. The lowest BCUT2D eigenvalue weighted by molar-refractivity contribution is -0.145. The molecule has 7 heteroatoms. The van der Waals surface area contributed by atoms with E-state index in [9.17, 15) is 9.59 Å². The molecule has 0 radical (unpaired) electrons. The molecule has 0 saturated heterocycles. The predicted molar refractivity (Wildman–Crippen MR) is 108 cm³/mol. The molecule has 0 spiro atoms. The van der Waals surface area contributed by atoms with Gasteiger partial charge in [0.1, 0.15) is 0 Å². The van der Waals surface area contributed by atoms with Gasteiger partial charge in [0.2, 0.25) is 0 Å². The van der Waals surface area contributed by atoms with Crippen LogP contribution in [0.25, 0.3) is 11.0 Å². The van der Waals surface area contributed by atoms with Crippen molar-refractivity contribution in [2.75, 3.05) is 32.8 Å². The first-order valence-corrected chi connectivity index (χ1v) is 9.07. The van der Waals surface area contributed by atoms with Crippen LogP contribution in [0.5, 0.6) is 5.75 Å². The fourth-order valence-corrected chi connectivity index (χ4v) is 2.94. The third kappa shape index (κ3) is 5.71. The van der Waals surface area contributed by atoms with E-state index in [0.29, 0.717) is 29.9 Å². The van der Waals surface area contributed by atoms with Gasteiger partial charge in [0.25, 0.3) is 0 Å². The van der Waals surface area contributed by atoms with E-state index in [1.54, 1.807) is 13.0 Å². The molecule has 27 heavy (non-hydrogen) atoms. The molecule has 0 atom stereocenters. The minimum atomic E-state index is -0.459. The SMILES string of the molecule is CCOC(=O)COc1cccc2c(C)c(CCN(CC)CC)c(=O)oc12.Cl. The summed E-state index contributed by atoms with van der Waals surface area (Å²) < 4.78 is 15.9. The molecule has 150 valence electrons. The molecule has 0 aliphatic heterocycles. The van der Waals surface area contributed by atoms with Crippen LogP contribution in [0.15, 0.2) is 27.4 Å². The summed E-state index contributed by atoms with van der Waals surface area (Å²) in [5.41, 5.74) is 1.59. The summed E-state index contributed by atoms with van der Waals surface area (Å²) in [6.07, 6.45) is 0.639. The number of aryl methyl sites for hydroxylation is 1. The van der Waals surface area contributed by atoms with Crippen molar-refractivity contribution >= 4 is 29.3 Å². The van der Waals surface area contributed by atoms with Gasteiger partial charge in [-0.3, -0.25) is 0 Å². The number of fused-ring (bicyclic) bond motifs is 1. The van der Waals surface area contributed by atoms with E-state index >= 15 is 0 Å². The van der Waals surface area contributed by atoms with Gasteiger partial charge in [-0.25, -0.2) is 9.59 Å². The highest BCUT2D eigenvalue weighted by atomic mass is 35.5. The Balaban J connectivity index is 0.00000364. The summed E-state index contributed by atoms with van der Waals surface area (Å²) >= 11 is 0. The Hall–Kier alpha value is -2.05. The number of esters is 1. The van der Waals surface area contributed by atoms with E-state index in [1.165, 1.54) is 0 Å². The molecule has 0 fully saturated rings. The first-order valence-electron chi connectivity index (χ1n) is 9.07. The van der Waals surface area contributed by atoms with Crippen LogP contribution in [0.1, 0.15) is 31.9 Å².